The first kappa shape index (κ1) is 12.5. The van der Waals surface area contributed by atoms with Crippen molar-refractivity contribution < 1.29 is 9.90 Å². The van der Waals surface area contributed by atoms with Gasteiger partial charge < -0.3 is 10.4 Å². The maximum atomic E-state index is 11.9. The Balaban J connectivity index is 2.29. The highest BCUT2D eigenvalue weighted by atomic mass is 16.3. The van der Waals surface area contributed by atoms with E-state index in [-0.39, 0.29) is 18.4 Å². The second-order valence-corrected chi connectivity index (χ2v) is 4.16. The van der Waals surface area contributed by atoms with Crippen LogP contribution >= 0.6 is 0 Å². The first-order valence-corrected chi connectivity index (χ1v) is 6.01. The van der Waals surface area contributed by atoms with Crippen molar-refractivity contribution in [2.75, 3.05) is 11.9 Å². The van der Waals surface area contributed by atoms with Crippen LogP contribution in [0.2, 0.25) is 0 Å². The third-order valence-corrected chi connectivity index (χ3v) is 2.97. The highest BCUT2D eigenvalue weighted by Crippen LogP contribution is 2.21. The van der Waals surface area contributed by atoms with Gasteiger partial charge in [0, 0.05) is 11.6 Å². The summed E-state index contributed by atoms with van der Waals surface area (Å²) in [7, 11) is 0. The van der Waals surface area contributed by atoms with Crippen molar-refractivity contribution >= 4 is 22.5 Å². The average Bonchev–Trinajstić information content (AvgIpc) is 2.40. The number of aliphatic hydroxyl groups is 1. The van der Waals surface area contributed by atoms with Crippen molar-refractivity contribution in [3.8, 4) is 0 Å². The number of fused-ring (bicyclic) bond motifs is 1. The van der Waals surface area contributed by atoms with E-state index in [0.29, 0.717) is 12.1 Å². The third-order valence-electron chi connectivity index (χ3n) is 2.97. The van der Waals surface area contributed by atoms with Crippen LogP contribution in [0.15, 0.2) is 36.5 Å². The summed E-state index contributed by atoms with van der Waals surface area (Å²) >= 11 is 0. The lowest BCUT2D eigenvalue weighted by molar-refractivity contribution is -0.121. The van der Waals surface area contributed by atoms with E-state index >= 15 is 0 Å². The van der Waals surface area contributed by atoms with Gasteiger partial charge in [-0.05, 0) is 18.6 Å². The number of anilines is 1. The Hall–Kier alpha value is -1.94. The number of aliphatic hydroxyl groups excluding tert-OH is 1. The Morgan fingerprint density at radius 1 is 1.39 bits per heavy atom. The summed E-state index contributed by atoms with van der Waals surface area (Å²) in [5.74, 6) is -0.540. The largest absolute Gasteiger partial charge is 0.396 e. The second kappa shape index (κ2) is 5.60. The molecule has 4 heteroatoms. The first-order chi connectivity index (χ1) is 8.76. The molecule has 1 unspecified atom stereocenters. The van der Waals surface area contributed by atoms with Gasteiger partial charge in [0.1, 0.15) is 0 Å². The zero-order valence-corrected chi connectivity index (χ0v) is 10.3. The molecule has 1 aromatic heterocycles. The fourth-order valence-corrected chi connectivity index (χ4v) is 1.84. The van der Waals surface area contributed by atoms with Crippen LogP contribution in [0.25, 0.3) is 10.9 Å². The summed E-state index contributed by atoms with van der Waals surface area (Å²) in [4.78, 5) is 16.2. The van der Waals surface area contributed by atoms with Crippen LogP contribution in [0.4, 0.5) is 5.69 Å². The van der Waals surface area contributed by atoms with Crippen LogP contribution < -0.4 is 5.32 Å². The molecule has 4 nitrogen and oxygen atoms in total. The number of carbonyl (C=O) groups is 1. The number of amides is 1. The molecule has 0 radical (unpaired) electrons. The molecule has 0 aliphatic heterocycles. The molecule has 0 spiro atoms. The van der Waals surface area contributed by atoms with E-state index in [0.717, 1.165) is 10.9 Å². The molecular weight excluding hydrogens is 228 g/mol. The van der Waals surface area contributed by atoms with Crippen molar-refractivity contribution in [3.05, 3.63) is 36.5 Å². The van der Waals surface area contributed by atoms with Crippen molar-refractivity contribution in [3.63, 3.8) is 0 Å². The van der Waals surface area contributed by atoms with Crippen molar-refractivity contribution in [2.45, 2.75) is 13.3 Å². The van der Waals surface area contributed by atoms with E-state index in [1.165, 1.54) is 0 Å². The van der Waals surface area contributed by atoms with E-state index in [2.05, 4.69) is 10.3 Å². The minimum Gasteiger partial charge on any atom is -0.396 e. The molecule has 1 aromatic carbocycles. The second-order valence-electron chi connectivity index (χ2n) is 4.16. The number of nitrogens with zero attached hydrogens (tertiary/aromatic N) is 1. The standard InChI is InChI=1S/C14H16N2O2/c1-2-10(9-17)14(18)16-12-7-3-5-11-6-4-8-15-13(11)12/h3-8,10,17H,2,9H2,1H3,(H,16,18). The van der Waals surface area contributed by atoms with Crippen molar-refractivity contribution in [1.29, 1.82) is 0 Å². The molecule has 0 fully saturated rings. The molecule has 2 N–H and O–H groups in total. The molecule has 18 heavy (non-hydrogen) atoms. The molecule has 2 aromatic rings. The maximum absolute atomic E-state index is 11.9. The SMILES string of the molecule is CCC(CO)C(=O)Nc1cccc2cccnc12. The van der Waals surface area contributed by atoms with Gasteiger partial charge >= 0.3 is 0 Å². The predicted molar refractivity (Wildman–Crippen MR) is 71.2 cm³/mol. The Bertz CT molecular complexity index is 545. The lowest BCUT2D eigenvalue weighted by Crippen LogP contribution is -2.25. The van der Waals surface area contributed by atoms with Gasteiger partial charge in [-0.15, -0.1) is 0 Å². The maximum Gasteiger partial charge on any atom is 0.229 e. The average molecular weight is 244 g/mol. The molecule has 0 bridgehead atoms. The topological polar surface area (TPSA) is 62.2 Å². The van der Waals surface area contributed by atoms with E-state index in [1.54, 1.807) is 6.20 Å². The molecule has 1 heterocycles. The monoisotopic (exact) mass is 244 g/mol. The van der Waals surface area contributed by atoms with Gasteiger partial charge in [0.2, 0.25) is 5.91 Å². The van der Waals surface area contributed by atoms with E-state index in [4.69, 9.17) is 5.11 Å². The van der Waals surface area contributed by atoms with Crippen LogP contribution in [-0.4, -0.2) is 22.6 Å². The molecule has 0 aliphatic carbocycles. The third kappa shape index (κ3) is 2.49. The summed E-state index contributed by atoms with van der Waals surface area (Å²) in [5, 5.41) is 12.9. The lowest BCUT2D eigenvalue weighted by Gasteiger charge is -2.13. The fourth-order valence-electron chi connectivity index (χ4n) is 1.84. The molecule has 0 saturated heterocycles. The van der Waals surface area contributed by atoms with Crippen molar-refractivity contribution in [2.24, 2.45) is 5.92 Å². The van der Waals surface area contributed by atoms with Crippen molar-refractivity contribution in [1.82, 2.24) is 4.98 Å². The van der Waals surface area contributed by atoms with Gasteiger partial charge in [0.05, 0.1) is 23.7 Å². The fraction of sp³-hybridized carbons (Fsp3) is 0.286. The summed E-state index contributed by atoms with van der Waals surface area (Å²) in [6.45, 7) is 1.74. The van der Waals surface area contributed by atoms with Crippen LogP contribution in [0.1, 0.15) is 13.3 Å². The van der Waals surface area contributed by atoms with E-state index in [1.807, 2.05) is 37.3 Å². The van der Waals surface area contributed by atoms with Crippen LogP contribution in [0.3, 0.4) is 0 Å². The molecular formula is C14H16N2O2. The molecule has 0 aliphatic rings. The zero-order chi connectivity index (χ0) is 13.0. The zero-order valence-electron chi connectivity index (χ0n) is 10.3. The number of para-hydroxylation sites is 1. The number of carbonyl (C=O) groups excluding carboxylic acids is 1. The summed E-state index contributed by atoms with van der Waals surface area (Å²) < 4.78 is 0. The Morgan fingerprint density at radius 2 is 2.17 bits per heavy atom. The predicted octanol–water partition coefficient (Wildman–Crippen LogP) is 2.19. The van der Waals surface area contributed by atoms with Crippen LogP contribution in [-0.2, 0) is 4.79 Å². The quantitative estimate of drug-likeness (QED) is 0.866. The Kier molecular flexibility index (Phi) is 3.89. The molecule has 94 valence electrons. The lowest BCUT2D eigenvalue weighted by atomic mass is 10.1. The summed E-state index contributed by atoms with van der Waals surface area (Å²) in [6.07, 6.45) is 2.31. The number of hydrogen-bond acceptors (Lipinski definition) is 3. The number of rotatable bonds is 4. The first-order valence-electron chi connectivity index (χ1n) is 6.01. The molecule has 1 amide bonds. The molecule has 0 saturated carbocycles. The van der Waals surface area contributed by atoms with Gasteiger partial charge in [-0.1, -0.05) is 25.1 Å². The molecule has 1 atom stereocenters. The van der Waals surface area contributed by atoms with Crippen LogP contribution in [0, 0.1) is 5.92 Å². The van der Waals surface area contributed by atoms with E-state index < -0.39 is 0 Å². The van der Waals surface area contributed by atoms with Crippen LogP contribution in [0.5, 0.6) is 0 Å². The number of benzene rings is 1. The normalized spacial score (nSPS) is 12.3. The number of aromatic nitrogens is 1. The van der Waals surface area contributed by atoms with Gasteiger partial charge in [-0.3, -0.25) is 9.78 Å². The van der Waals surface area contributed by atoms with Gasteiger partial charge in [0.25, 0.3) is 0 Å². The smallest absolute Gasteiger partial charge is 0.229 e. The minimum atomic E-state index is -0.371. The summed E-state index contributed by atoms with van der Waals surface area (Å²) in [6, 6.07) is 9.44. The minimum absolute atomic E-state index is 0.138. The highest BCUT2D eigenvalue weighted by molar-refractivity contribution is 6.01. The number of nitrogens with one attached hydrogen (secondary N) is 1. The van der Waals surface area contributed by atoms with Gasteiger partial charge in [0.15, 0.2) is 0 Å². The van der Waals surface area contributed by atoms with Gasteiger partial charge in [-0.2, -0.15) is 0 Å². The number of pyridine rings is 1. The molecule has 2 rings (SSSR count). The Labute approximate surface area is 106 Å². The Morgan fingerprint density at radius 3 is 2.89 bits per heavy atom. The summed E-state index contributed by atoms with van der Waals surface area (Å²) in [5.41, 5.74) is 1.45. The highest BCUT2D eigenvalue weighted by Gasteiger charge is 2.16. The number of hydrogen-bond donors (Lipinski definition) is 2. The van der Waals surface area contributed by atoms with Gasteiger partial charge in [-0.25, -0.2) is 0 Å². The van der Waals surface area contributed by atoms with E-state index in [9.17, 15) is 4.79 Å².